The number of azo groups is 1. The molecule has 0 saturated carbocycles. The predicted molar refractivity (Wildman–Crippen MR) is 144 cm³/mol. The van der Waals surface area contributed by atoms with Crippen molar-refractivity contribution in [3.05, 3.63) is 53.5 Å². The van der Waals surface area contributed by atoms with Crippen molar-refractivity contribution in [3.63, 3.8) is 0 Å². The molecule has 0 spiro atoms. The third-order valence-corrected chi connectivity index (χ3v) is 7.81. The Morgan fingerprint density at radius 1 is 0.800 bits per heavy atom. The van der Waals surface area contributed by atoms with Gasteiger partial charge in [0.05, 0.1) is 15.1 Å². The van der Waals surface area contributed by atoms with Crippen molar-refractivity contribution in [2.45, 2.75) is 14.7 Å². The van der Waals surface area contributed by atoms with Crippen LogP contribution in [-0.4, -0.2) is 50.8 Å². The van der Waals surface area contributed by atoms with E-state index in [0.29, 0.717) is 18.2 Å². The van der Waals surface area contributed by atoms with Crippen LogP contribution in [0.15, 0.2) is 78.4 Å². The van der Waals surface area contributed by atoms with Gasteiger partial charge in [0.1, 0.15) is 21.2 Å². The minimum absolute atomic E-state index is 0.0114. The lowest BCUT2D eigenvalue weighted by Crippen LogP contribution is -2.19. The van der Waals surface area contributed by atoms with E-state index in [1.807, 2.05) is 0 Å². The summed E-state index contributed by atoms with van der Waals surface area (Å²) < 4.78 is 100.0. The fraction of sp³-hybridized carbons (Fsp3) is 0. The van der Waals surface area contributed by atoms with E-state index < -0.39 is 73.4 Å². The van der Waals surface area contributed by atoms with Gasteiger partial charge in [0.2, 0.25) is 0 Å². The average molecular weight is 678 g/mol. The van der Waals surface area contributed by atoms with Gasteiger partial charge in [-0.3, -0.25) is 18.5 Å². The number of halogens is 1. The number of hydrogen-bond donors (Lipinski definition) is 6. The minimum Gasteiger partial charge on any atom is -0.351 e. The first kappa shape index (κ1) is 30.7. The van der Waals surface area contributed by atoms with E-state index in [9.17, 15) is 48.5 Å². The van der Waals surface area contributed by atoms with Gasteiger partial charge in [-0.25, -0.2) is 4.79 Å². The van der Waals surface area contributed by atoms with Crippen molar-refractivity contribution in [2.75, 3.05) is 10.6 Å². The molecule has 0 aliphatic rings. The summed E-state index contributed by atoms with van der Waals surface area (Å²) in [5.74, 6) is -0.625. The van der Waals surface area contributed by atoms with E-state index in [-0.39, 0.29) is 21.5 Å². The molecule has 3 amide bonds. The van der Waals surface area contributed by atoms with E-state index in [0.717, 1.165) is 6.07 Å². The molecule has 0 aliphatic heterocycles. The number of urea groups is 1. The fourth-order valence-electron chi connectivity index (χ4n) is 3.21. The first-order valence-electron chi connectivity index (χ1n) is 10.1. The molecule has 3 aromatic rings. The molecule has 0 heterocycles. The lowest BCUT2D eigenvalue weighted by molar-refractivity contribution is -0.112. The van der Waals surface area contributed by atoms with Crippen LogP contribution in [0.25, 0.3) is 10.8 Å². The van der Waals surface area contributed by atoms with Crippen LogP contribution < -0.4 is 16.4 Å². The highest BCUT2D eigenvalue weighted by atomic mass is 79.9. The molecule has 0 fully saturated rings. The van der Waals surface area contributed by atoms with Crippen LogP contribution in [0.2, 0.25) is 0 Å². The maximum atomic E-state index is 12.1. The maximum Gasteiger partial charge on any atom is 0.316 e. The zero-order chi connectivity index (χ0) is 30.2. The molecule has 3 aromatic carbocycles. The molecule has 0 atom stereocenters. The van der Waals surface area contributed by atoms with Crippen molar-refractivity contribution >= 4 is 91.7 Å². The Kier molecular flexibility index (Phi) is 8.45. The Bertz CT molecular complexity index is 1960. The highest BCUT2D eigenvalue weighted by Gasteiger charge is 2.24. The highest BCUT2D eigenvalue weighted by molar-refractivity contribution is 9.12. The Labute approximate surface area is 234 Å². The molecule has 212 valence electrons. The van der Waals surface area contributed by atoms with Gasteiger partial charge in [-0.15, -0.1) is 10.2 Å². The SMILES string of the molecule is C=C(Br)C(=O)Nc1ccc(N=Nc2cc3c(S(=O)(=O)O)cc(S(=O)(=O)O)cc3cc2S(=O)(=O)O)c(NC(N)=O)c1. The number of anilines is 2. The smallest absolute Gasteiger partial charge is 0.316 e. The molecule has 0 saturated heterocycles. The van der Waals surface area contributed by atoms with Gasteiger partial charge in [0.25, 0.3) is 36.3 Å². The van der Waals surface area contributed by atoms with Crippen LogP contribution in [0.1, 0.15) is 0 Å². The largest absolute Gasteiger partial charge is 0.351 e. The van der Waals surface area contributed by atoms with E-state index in [4.69, 9.17) is 5.73 Å². The van der Waals surface area contributed by atoms with Crippen molar-refractivity contribution in [1.29, 1.82) is 0 Å². The number of fused-ring (bicyclic) bond motifs is 1. The summed E-state index contributed by atoms with van der Waals surface area (Å²) in [4.78, 5) is 20.3. The third kappa shape index (κ3) is 7.24. The molecule has 40 heavy (non-hydrogen) atoms. The Morgan fingerprint density at radius 2 is 1.40 bits per heavy atom. The summed E-state index contributed by atoms with van der Waals surface area (Å²) in [6.07, 6.45) is 0. The van der Waals surface area contributed by atoms with Crippen LogP contribution >= 0.6 is 15.9 Å². The second-order valence-corrected chi connectivity index (χ2v) is 12.8. The van der Waals surface area contributed by atoms with E-state index in [2.05, 4.69) is 43.4 Å². The maximum absolute atomic E-state index is 12.1. The first-order chi connectivity index (χ1) is 18.3. The zero-order valence-electron chi connectivity index (χ0n) is 19.4. The molecule has 0 aliphatic carbocycles. The monoisotopic (exact) mass is 677 g/mol. The molecule has 0 radical (unpaired) electrons. The fourth-order valence-corrected chi connectivity index (χ4v) is 5.29. The van der Waals surface area contributed by atoms with E-state index in [1.165, 1.54) is 18.2 Å². The summed E-state index contributed by atoms with van der Waals surface area (Å²) in [5, 5.41) is 11.3. The Hall–Kier alpha value is -3.79. The molecule has 7 N–H and O–H groups in total. The second-order valence-electron chi connectivity index (χ2n) is 7.67. The number of hydrogen-bond acceptors (Lipinski definition) is 10. The van der Waals surface area contributed by atoms with Crippen molar-refractivity contribution < 1.29 is 48.5 Å². The number of benzene rings is 3. The molecule has 16 nitrogen and oxygen atoms in total. The number of nitrogens with one attached hydrogen (secondary N) is 2. The Balaban J connectivity index is 2.27. The molecule has 0 unspecified atom stereocenters. The number of nitrogens with two attached hydrogens (primary N) is 1. The summed E-state index contributed by atoms with van der Waals surface area (Å²) >= 11 is 2.90. The van der Waals surface area contributed by atoms with Crippen LogP contribution in [0, 0.1) is 0 Å². The molecule has 0 bridgehead atoms. The quantitative estimate of drug-likeness (QED) is 0.114. The summed E-state index contributed by atoms with van der Waals surface area (Å²) in [7, 11) is -15.3. The van der Waals surface area contributed by atoms with Crippen LogP contribution in [0.5, 0.6) is 0 Å². The number of rotatable bonds is 8. The van der Waals surface area contributed by atoms with Gasteiger partial charge in [-0.2, -0.15) is 25.3 Å². The highest BCUT2D eigenvalue weighted by Crippen LogP contribution is 2.37. The lowest BCUT2D eigenvalue weighted by Gasteiger charge is -2.11. The first-order valence-corrected chi connectivity index (χ1v) is 15.2. The van der Waals surface area contributed by atoms with Gasteiger partial charge < -0.3 is 16.4 Å². The summed E-state index contributed by atoms with van der Waals surface area (Å²) in [5.41, 5.74) is 4.33. The number of amides is 3. The summed E-state index contributed by atoms with van der Waals surface area (Å²) in [6, 6.07) is 5.20. The average Bonchev–Trinajstić information content (AvgIpc) is 2.80. The standard InChI is InChI=1S/C20H16BrN5O11S3/c1-9(21)19(27)23-11-2-3-14(15(6-11)24-20(22)28)25-26-16-8-13-10(5-18(16)40(35,36)37)4-12(38(29,30)31)7-17(13)39(32,33)34/h2-8H,1H2,(H,23,27)(H3,22,24,28)(H,29,30,31)(H,32,33,34)(H,35,36,37). The normalized spacial score (nSPS) is 12.4. The van der Waals surface area contributed by atoms with Crippen LogP contribution in [0.3, 0.4) is 0 Å². The van der Waals surface area contributed by atoms with Gasteiger partial charge in [-0.1, -0.05) is 6.58 Å². The van der Waals surface area contributed by atoms with Crippen molar-refractivity contribution in [1.82, 2.24) is 0 Å². The molecule has 0 aromatic heterocycles. The topological polar surface area (TPSA) is 272 Å². The number of nitrogens with zero attached hydrogens (tertiary/aromatic N) is 2. The zero-order valence-corrected chi connectivity index (χ0v) is 23.5. The van der Waals surface area contributed by atoms with Crippen molar-refractivity contribution in [2.24, 2.45) is 16.0 Å². The second kappa shape index (κ2) is 11.0. The number of carbonyl (C=O) groups excluding carboxylic acids is 2. The molecular weight excluding hydrogens is 662 g/mol. The summed E-state index contributed by atoms with van der Waals surface area (Å²) in [6.45, 7) is 3.41. The van der Waals surface area contributed by atoms with Crippen molar-refractivity contribution in [3.8, 4) is 0 Å². The number of carbonyl (C=O) groups is 2. The predicted octanol–water partition coefficient (Wildman–Crippen LogP) is 3.33. The van der Waals surface area contributed by atoms with E-state index >= 15 is 0 Å². The van der Waals surface area contributed by atoms with Gasteiger partial charge in [0.15, 0.2) is 0 Å². The van der Waals surface area contributed by atoms with E-state index in [1.54, 1.807) is 0 Å². The Morgan fingerprint density at radius 3 is 1.93 bits per heavy atom. The number of primary amides is 1. The third-order valence-electron chi connectivity index (χ3n) is 4.85. The molecule has 3 rings (SSSR count). The van der Waals surface area contributed by atoms with Crippen LogP contribution in [0.4, 0.5) is 27.5 Å². The van der Waals surface area contributed by atoms with Gasteiger partial charge in [0, 0.05) is 11.1 Å². The van der Waals surface area contributed by atoms with Crippen LogP contribution in [-0.2, 0) is 35.1 Å². The molecule has 20 heteroatoms. The lowest BCUT2D eigenvalue weighted by atomic mass is 10.1. The minimum atomic E-state index is -5.15. The van der Waals surface area contributed by atoms with Gasteiger partial charge in [-0.05, 0) is 63.8 Å². The van der Waals surface area contributed by atoms with Gasteiger partial charge >= 0.3 is 6.03 Å². The molecular formula is C20H16BrN5O11S3.